The van der Waals surface area contributed by atoms with Gasteiger partial charge in [-0.05, 0) is 30.7 Å². The highest BCUT2D eigenvalue weighted by Crippen LogP contribution is 2.32. The van der Waals surface area contributed by atoms with Crippen molar-refractivity contribution in [2.75, 3.05) is 11.4 Å². The number of nitrogens with zero attached hydrogens (tertiary/aromatic N) is 4. The van der Waals surface area contributed by atoms with Gasteiger partial charge in [0.2, 0.25) is 0 Å². The second kappa shape index (κ2) is 7.31. The molecular weight excluding hydrogens is 320 g/mol. The van der Waals surface area contributed by atoms with Gasteiger partial charge in [-0.1, -0.05) is 49.4 Å². The summed E-state index contributed by atoms with van der Waals surface area (Å²) in [6, 6.07) is 22.4. The number of anilines is 2. The van der Waals surface area contributed by atoms with Crippen molar-refractivity contribution in [3.8, 4) is 11.4 Å². The van der Waals surface area contributed by atoms with Gasteiger partial charge < -0.3 is 4.90 Å². The fourth-order valence-electron chi connectivity index (χ4n) is 3.09. The highest BCUT2D eigenvalue weighted by atomic mass is 15.2. The number of pyridine rings is 1. The molecule has 2 aromatic heterocycles. The molecule has 0 aliphatic heterocycles. The topological polar surface area (TPSA) is 41.9 Å². The summed E-state index contributed by atoms with van der Waals surface area (Å²) in [6.07, 6.45) is 4.65. The third-order valence-electron chi connectivity index (χ3n) is 4.29. The molecule has 0 radical (unpaired) electrons. The maximum absolute atomic E-state index is 4.96. The maximum Gasteiger partial charge on any atom is 0.162 e. The fraction of sp³-hybridized carbons (Fsp3) is 0.136. The van der Waals surface area contributed by atoms with Gasteiger partial charge in [0.05, 0.1) is 5.52 Å². The summed E-state index contributed by atoms with van der Waals surface area (Å²) in [7, 11) is 0. The molecule has 0 fully saturated rings. The molecule has 26 heavy (non-hydrogen) atoms. The molecule has 0 aliphatic carbocycles. The monoisotopic (exact) mass is 340 g/mol. The Balaban J connectivity index is 1.94. The number of para-hydroxylation sites is 1. The summed E-state index contributed by atoms with van der Waals surface area (Å²) >= 11 is 0. The van der Waals surface area contributed by atoms with Crippen LogP contribution in [-0.4, -0.2) is 21.5 Å². The van der Waals surface area contributed by atoms with Gasteiger partial charge in [-0.2, -0.15) is 0 Å². The molecular formula is C22H20N4. The Morgan fingerprint density at radius 3 is 2.31 bits per heavy atom. The van der Waals surface area contributed by atoms with Gasteiger partial charge in [-0.15, -0.1) is 0 Å². The second-order valence-electron chi connectivity index (χ2n) is 6.11. The van der Waals surface area contributed by atoms with Gasteiger partial charge in [-0.3, -0.25) is 4.98 Å². The Morgan fingerprint density at radius 1 is 0.808 bits per heavy atom. The maximum atomic E-state index is 4.96. The predicted octanol–water partition coefficient (Wildman–Crippen LogP) is 5.24. The predicted molar refractivity (Wildman–Crippen MR) is 107 cm³/mol. The first-order valence-corrected chi connectivity index (χ1v) is 8.86. The van der Waals surface area contributed by atoms with Gasteiger partial charge in [0.1, 0.15) is 5.82 Å². The molecule has 4 nitrogen and oxygen atoms in total. The van der Waals surface area contributed by atoms with E-state index in [9.17, 15) is 0 Å². The highest BCUT2D eigenvalue weighted by molar-refractivity contribution is 5.93. The van der Waals surface area contributed by atoms with E-state index >= 15 is 0 Å². The third kappa shape index (κ3) is 3.14. The first kappa shape index (κ1) is 16.2. The lowest BCUT2D eigenvalue weighted by Gasteiger charge is -2.25. The van der Waals surface area contributed by atoms with Crippen LogP contribution in [0.3, 0.4) is 0 Å². The van der Waals surface area contributed by atoms with Crippen molar-refractivity contribution in [2.45, 2.75) is 13.3 Å². The molecule has 128 valence electrons. The summed E-state index contributed by atoms with van der Waals surface area (Å²) in [5.74, 6) is 1.68. The normalized spacial score (nSPS) is 10.8. The van der Waals surface area contributed by atoms with Gasteiger partial charge in [0, 0.05) is 35.6 Å². The largest absolute Gasteiger partial charge is 0.326 e. The van der Waals surface area contributed by atoms with E-state index in [2.05, 4.69) is 22.9 Å². The van der Waals surface area contributed by atoms with E-state index in [1.165, 1.54) is 0 Å². The molecule has 0 unspecified atom stereocenters. The first-order chi connectivity index (χ1) is 12.9. The van der Waals surface area contributed by atoms with Crippen LogP contribution in [-0.2, 0) is 0 Å². The zero-order valence-electron chi connectivity index (χ0n) is 14.7. The standard InChI is InChI=1S/C22H20N4/c1-2-16-26(18-12-14-23-15-13-18)22-19-10-6-7-11-20(19)24-21(25-22)17-8-4-3-5-9-17/h3-15H,2,16H2,1H3. The van der Waals surface area contributed by atoms with E-state index < -0.39 is 0 Å². The number of hydrogen-bond acceptors (Lipinski definition) is 4. The number of hydrogen-bond donors (Lipinski definition) is 0. The number of rotatable bonds is 5. The van der Waals surface area contributed by atoms with Crippen molar-refractivity contribution < 1.29 is 0 Å². The van der Waals surface area contributed by atoms with Crippen LogP contribution < -0.4 is 4.90 Å². The minimum absolute atomic E-state index is 0.745. The van der Waals surface area contributed by atoms with Crippen LogP contribution >= 0.6 is 0 Å². The van der Waals surface area contributed by atoms with E-state index in [0.29, 0.717) is 0 Å². The molecule has 0 saturated carbocycles. The van der Waals surface area contributed by atoms with Crippen molar-refractivity contribution in [3.63, 3.8) is 0 Å². The molecule has 0 amide bonds. The molecule has 0 N–H and O–H groups in total. The Bertz CT molecular complexity index is 1000. The van der Waals surface area contributed by atoms with Gasteiger partial charge in [0.15, 0.2) is 5.82 Å². The molecule has 2 aromatic carbocycles. The van der Waals surface area contributed by atoms with Crippen LogP contribution in [0.5, 0.6) is 0 Å². The first-order valence-electron chi connectivity index (χ1n) is 8.86. The van der Waals surface area contributed by atoms with Crippen molar-refractivity contribution >= 4 is 22.4 Å². The molecule has 4 heteroatoms. The Kier molecular flexibility index (Phi) is 4.56. The van der Waals surface area contributed by atoms with Crippen molar-refractivity contribution in [3.05, 3.63) is 79.1 Å². The molecule has 4 rings (SSSR count). The van der Waals surface area contributed by atoms with Crippen LogP contribution in [0.2, 0.25) is 0 Å². The Morgan fingerprint density at radius 2 is 1.54 bits per heavy atom. The van der Waals surface area contributed by atoms with Crippen LogP contribution in [0.1, 0.15) is 13.3 Å². The van der Waals surface area contributed by atoms with Crippen LogP contribution in [0.25, 0.3) is 22.3 Å². The lowest BCUT2D eigenvalue weighted by molar-refractivity contribution is 0.873. The van der Waals surface area contributed by atoms with Crippen molar-refractivity contribution in [2.24, 2.45) is 0 Å². The summed E-state index contributed by atoms with van der Waals surface area (Å²) in [5, 5.41) is 1.05. The molecule has 2 heterocycles. The summed E-state index contributed by atoms with van der Waals surface area (Å²) in [5.41, 5.74) is 3.06. The van der Waals surface area contributed by atoms with E-state index in [0.717, 1.165) is 46.8 Å². The molecule has 0 spiro atoms. The highest BCUT2D eigenvalue weighted by Gasteiger charge is 2.16. The van der Waals surface area contributed by atoms with Gasteiger partial charge in [-0.25, -0.2) is 9.97 Å². The van der Waals surface area contributed by atoms with E-state index in [4.69, 9.17) is 9.97 Å². The average Bonchev–Trinajstić information content (AvgIpc) is 2.72. The lowest BCUT2D eigenvalue weighted by Crippen LogP contribution is -2.20. The third-order valence-corrected chi connectivity index (χ3v) is 4.29. The molecule has 0 aliphatic rings. The number of benzene rings is 2. The molecule has 0 bridgehead atoms. The smallest absolute Gasteiger partial charge is 0.162 e. The van der Waals surface area contributed by atoms with E-state index in [1.54, 1.807) is 0 Å². The van der Waals surface area contributed by atoms with E-state index in [-0.39, 0.29) is 0 Å². The Labute approximate surface area is 153 Å². The van der Waals surface area contributed by atoms with Crippen molar-refractivity contribution in [1.82, 2.24) is 15.0 Å². The summed E-state index contributed by atoms with van der Waals surface area (Å²) < 4.78 is 0. The summed E-state index contributed by atoms with van der Waals surface area (Å²) in [6.45, 7) is 3.05. The zero-order valence-corrected chi connectivity index (χ0v) is 14.7. The van der Waals surface area contributed by atoms with Crippen LogP contribution in [0, 0.1) is 0 Å². The van der Waals surface area contributed by atoms with Gasteiger partial charge in [0.25, 0.3) is 0 Å². The van der Waals surface area contributed by atoms with Crippen molar-refractivity contribution in [1.29, 1.82) is 0 Å². The molecule has 0 atom stereocenters. The lowest BCUT2D eigenvalue weighted by atomic mass is 10.1. The minimum Gasteiger partial charge on any atom is -0.326 e. The zero-order chi connectivity index (χ0) is 17.8. The quantitative estimate of drug-likeness (QED) is 0.498. The van der Waals surface area contributed by atoms with Crippen LogP contribution in [0.15, 0.2) is 79.1 Å². The molecule has 0 saturated heterocycles. The molecule has 4 aromatic rings. The number of aromatic nitrogens is 3. The Hall–Kier alpha value is -3.27. The number of fused-ring (bicyclic) bond motifs is 1. The SMILES string of the molecule is CCCN(c1ccncc1)c1nc(-c2ccccc2)nc2ccccc12. The summed E-state index contributed by atoms with van der Waals surface area (Å²) in [4.78, 5) is 16.2. The van der Waals surface area contributed by atoms with E-state index in [1.807, 2.05) is 73.1 Å². The van der Waals surface area contributed by atoms with Crippen LogP contribution in [0.4, 0.5) is 11.5 Å². The van der Waals surface area contributed by atoms with Gasteiger partial charge >= 0.3 is 0 Å². The second-order valence-corrected chi connectivity index (χ2v) is 6.11. The minimum atomic E-state index is 0.745. The fourth-order valence-corrected chi connectivity index (χ4v) is 3.09. The average molecular weight is 340 g/mol.